The molecule has 0 fully saturated rings. The molecule has 0 saturated carbocycles. The monoisotopic (exact) mass is 297 g/mol. The van der Waals surface area contributed by atoms with E-state index in [0.717, 1.165) is 11.1 Å². The number of carboxylic acids is 1. The molecule has 1 amide bonds. The average molecular weight is 297 g/mol. The van der Waals surface area contributed by atoms with Crippen molar-refractivity contribution in [1.82, 2.24) is 4.90 Å². The van der Waals surface area contributed by atoms with E-state index in [2.05, 4.69) is 0 Å². The Morgan fingerprint density at radius 3 is 2.27 bits per heavy atom. The number of aryl methyl sites for hydroxylation is 1. The summed E-state index contributed by atoms with van der Waals surface area (Å²) < 4.78 is 0. The van der Waals surface area contributed by atoms with Gasteiger partial charge in [-0.15, -0.1) is 0 Å². The molecule has 22 heavy (non-hydrogen) atoms. The molecule has 0 radical (unpaired) electrons. The van der Waals surface area contributed by atoms with Crippen LogP contribution in [-0.2, 0) is 11.2 Å². The number of amides is 1. The second-order valence-electron chi connectivity index (χ2n) is 5.17. The largest absolute Gasteiger partial charge is 0.480 e. The lowest BCUT2D eigenvalue weighted by molar-refractivity contribution is -0.137. The van der Waals surface area contributed by atoms with Gasteiger partial charge in [0, 0.05) is 12.1 Å². The zero-order chi connectivity index (χ0) is 15.9. The third kappa shape index (κ3) is 4.19. The van der Waals surface area contributed by atoms with Crippen LogP contribution in [0, 0.1) is 6.92 Å². The van der Waals surface area contributed by atoms with E-state index >= 15 is 0 Å². The van der Waals surface area contributed by atoms with Crippen LogP contribution in [-0.4, -0.2) is 35.0 Å². The van der Waals surface area contributed by atoms with Crippen molar-refractivity contribution < 1.29 is 14.7 Å². The van der Waals surface area contributed by atoms with E-state index in [-0.39, 0.29) is 12.5 Å². The number of rotatable bonds is 6. The van der Waals surface area contributed by atoms with Crippen LogP contribution in [0.1, 0.15) is 21.5 Å². The summed E-state index contributed by atoms with van der Waals surface area (Å²) in [5, 5.41) is 9.05. The number of carbonyl (C=O) groups is 2. The van der Waals surface area contributed by atoms with Gasteiger partial charge < -0.3 is 10.0 Å². The molecule has 0 aromatic heterocycles. The smallest absolute Gasteiger partial charge is 0.323 e. The maximum Gasteiger partial charge on any atom is 0.323 e. The first-order chi connectivity index (χ1) is 10.6. The first-order valence-electron chi connectivity index (χ1n) is 7.18. The molecule has 4 heteroatoms. The minimum Gasteiger partial charge on any atom is -0.480 e. The van der Waals surface area contributed by atoms with E-state index in [9.17, 15) is 9.59 Å². The molecule has 114 valence electrons. The van der Waals surface area contributed by atoms with E-state index in [1.54, 1.807) is 12.1 Å². The fraction of sp³-hybridized carbons (Fsp3) is 0.222. The van der Waals surface area contributed by atoms with Gasteiger partial charge in [0.15, 0.2) is 0 Å². The Kier molecular flexibility index (Phi) is 5.31. The highest BCUT2D eigenvalue weighted by atomic mass is 16.4. The summed E-state index contributed by atoms with van der Waals surface area (Å²) in [5.41, 5.74) is 2.48. The Balaban J connectivity index is 2.13. The van der Waals surface area contributed by atoms with Crippen molar-refractivity contribution >= 4 is 11.9 Å². The zero-order valence-corrected chi connectivity index (χ0v) is 12.5. The predicted octanol–water partition coefficient (Wildman–Crippen LogP) is 2.76. The van der Waals surface area contributed by atoms with Gasteiger partial charge in [-0.25, -0.2) is 0 Å². The van der Waals surface area contributed by atoms with Gasteiger partial charge in [-0.3, -0.25) is 9.59 Å². The number of hydrogen-bond acceptors (Lipinski definition) is 2. The molecule has 0 aliphatic heterocycles. The number of nitrogens with zero attached hydrogens (tertiary/aromatic N) is 1. The third-order valence-corrected chi connectivity index (χ3v) is 3.50. The molecule has 0 bridgehead atoms. The normalized spacial score (nSPS) is 10.2. The molecule has 2 aromatic rings. The van der Waals surface area contributed by atoms with Gasteiger partial charge in [-0.1, -0.05) is 48.5 Å². The van der Waals surface area contributed by atoms with Crippen molar-refractivity contribution in [3.05, 3.63) is 71.3 Å². The van der Waals surface area contributed by atoms with Gasteiger partial charge in [0.25, 0.3) is 5.91 Å². The van der Waals surface area contributed by atoms with Crippen LogP contribution < -0.4 is 0 Å². The first-order valence-corrected chi connectivity index (χ1v) is 7.18. The molecule has 1 N–H and O–H groups in total. The van der Waals surface area contributed by atoms with E-state index in [4.69, 9.17) is 5.11 Å². The number of benzene rings is 2. The Morgan fingerprint density at radius 1 is 1.00 bits per heavy atom. The van der Waals surface area contributed by atoms with Gasteiger partial charge in [-0.05, 0) is 30.5 Å². The summed E-state index contributed by atoms with van der Waals surface area (Å²) in [4.78, 5) is 25.0. The van der Waals surface area contributed by atoms with E-state index in [0.29, 0.717) is 18.5 Å². The minimum atomic E-state index is -1.00. The Morgan fingerprint density at radius 2 is 1.64 bits per heavy atom. The maximum atomic E-state index is 12.6. The molecular formula is C18H19NO3. The molecule has 0 heterocycles. The lowest BCUT2D eigenvalue weighted by atomic mass is 10.1. The fourth-order valence-electron chi connectivity index (χ4n) is 2.31. The standard InChI is InChI=1S/C18H19NO3/c1-14-7-5-6-10-16(14)18(22)19(13-17(20)21)12-11-15-8-3-2-4-9-15/h2-10H,11-13H2,1H3,(H,20,21). The van der Waals surface area contributed by atoms with Crippen LogP contribution in [0.5, 0.6) is 0 Å². The van der Waals surface area contributed by atoms with Crippen LogP contribution in [0.3, 0.4) is 0 Å². The minimum absolute atomic E-state index is 0.239. The quantitative estimate of drug-likeness (QED) is 0.892. The molecule has 0 atom stereocenters. The molecule has 2 rings (SSSR count). The molecule has 0 aliphatic rings. The number of carbonyl (C=O) groups excluding carboxylic acids is 1. The van der Waals surface area contributed by atoms with Gasteiger partial charge in [0.2, 0.25) is 0 Å². The summed E-state index contributed by atoms with van der Waals surface area (Å²) in [6, 6.07) is 17.0. The second kappa shape index (κ2) is 7.41. The highest BCUT2D eigenvalue weighted by molar-refractivity contribution is 5.97. The zero-order valence-electron chi connectivity index (χ0n) is 12.5. The van der Waals surface area contributed by atoms with Gasteiger partial charge >= 0.3 is 5.97 Å². The summed E-state index contributed by atoms with van der Waals surface area (Å²) in [6.45, 7) is 1.94. The van der Waals surface area contributed by atoms with Crippen LogP contribution in [0.4, 0.5) is 0 Å². The van der Waals surface area contributed by atoms with Crippen molar-refractivity contribution in [3.8, 4) is 0 Å². The lowest BCUT2D eigenvalue weighted by Gasteiger charge is -2.21. The molecule has 0 saturated heterocycles. The van der Waals surface area contributed by atoms with Gasteiger partial charge in [0.05, 0.1) is 0 Å². The van der Waals surface area contributed by atoms with Crippen molar-refractivity contribution in [2.24, 2.45) is 0 Å². The van der Waals surface area contributed by atoms with Crippen molar-refractivity contribution in [3.63, 3.8) is 0 Å². The molecule has 0 spiro atoms. The molecule has 2 aromatic carbocycles. The summed E-state index contributed by atoms with van der Waals surface area (Å²) in [5.74, 6) is -1.24. The highest BCUT2D eigenvalue weighted by Gasteiger charge is 2.19. The van der Waals surface area contributed by atoms with E-state index in [1.807, 2.05) is 49.4 Å². The van der Waals surface area contributed by atoms with Crippen molar-refractivity contribution in [2.45, 2.75) is 13.3 Å². The van der Waals surface area contributed by atoms with Crippen LogP contribution in [0.15, 0.2) is 54.6 Å². The SMILES string of the molecule is Cc1ccccc1C(=O)N(CCc1ccccc1)CC(=O)O. The van der Waals surface area contributed by atoms with Gasteiger partial charge in [0.1, 0.15) is 6.54 Å². The van der Waals surface area contributed by atoms with Crippen LogP contribution >= 0.6 is 0 Å². The van der Waals surface area contributed by atoms with Crippen molar-refractivity contribution in [1.29, 1.82) is 0 Å². The summed E-state index contributed by atoms with van der Waals surface area (Å²) in [6.07, 6.45) is 0.631. The topological polar surface area (TPSA) is 57.6 Å². The fourth-order valence-corrected chi connectivity index (χ4v) is 2.31. The molecule has 0 aliphatic carbocycles. The third-order valence-electron chi connectivity index (χ3n) is 3.50. The van der Waals surface area contributed by atoms with E-state index in [1.165, 1.54) is 4.90 Å². The molecule has 4 nitrogen and oxygen atoms in total. The van der Waals surface area contributed by atoms with Crippen LogP contribution in [0.25, 0.3) is 0 Å². The molecular weight excluding hydrogens is 278 g/mol. The maximum absolute atomic E-state index is 12.6. The lowest BCUT2D eigenvalue weighted by Crippen LogP contribution is -2.37. The number of aliphatic carboxylic acids is 1. The Labute approximate surface area is 130 Å². The average Bonchev–Trinajstić information content (AvgIpc) is 2.52. The first kappa shape index (κ1) is 15.8. The second-order valence-corrected chi connectivity index (χ2v) is 5.17. The van der Waals surface area contributed by atoms with Crippen molar-refractivity contribution in [2.75, 3.05) is 13.1 Å². The number of carboxylic acid groups (broad SMARTS) is 1. The Hall–Kier alpha value is -2.62. The summed E-state index contributed by atoms with van der Waals surface area (Å²) >= 11 is 0. The van der Waals surface area contributed by atoms with Crippen LogP contribution in [0.2, 0.25) is 0 Å². The Bertz CT molecular complexity index is 652. The summed E-state index contributed by atoms with van der Waals surface area (Å²) in [7, 11) is 0. The number of hydrogen-bond donors (Lipinski definition) is 1. The highest BCUT2D eigenvalue weighted by Crippen LogP contribution is 2.11. The van der Waals surface area contributed by atoms with Gasteiger partial charge in [-0.2, -0.15) is 0 Å². The predicted molar refractivity (Wildman–Crippen MR) is 84.9 cm³/mol. The molecule has 0 unspecified atom stereocenters. The van der Waals surface area contributed by atoms with E-state index < -0.39 is 5.97 Å².